The number of hydrogen-bond acceptors (Lipinski definition) is 5. The van der Waals surface area contributed by atoms with Crippen molar-refractivity contribution in [3.63, 3.8) is 0 Å². The molecule has 0 amide bonds. The lowest BCUT2D eigenvalue weighted by Crippen LogP contribution is -2.43. The third kappa shape index (κ3) is 4.74. The summed E-state index contributed by atoms with van der Waals surface area (Å²) >= 11 is 6.21. The molecule has 1 atom stereocenters. The van der Waals surface area contributed by atoms with Gasteiger partial charge >= 0.3 is 0 Å². The number of ether oxygens (including phenoxy) is 2. The molecule has 1 aromatic heterocycles. The predicted octanol–water partition coefficient (Wildman–Crippen LogP) is 3.40. The Labute approximate surface area is 192 Å². The fraction of sp³-hybridized carbons (Fsp3) is 0.348. The van der Waals surface area contributed by atoms with Crippen LogP contribution in [-0.4, -0.2) is 50.2 Å². The quantitative estimate of drug-likeness (QED) is 0.589. The highest BCUT2D eigenvalue weighted by Crippen LogP contribution is 2.26. The van der Waals surface area contributed by atoms with Crippen LogP contribution < -0.4 is 5.56 Å². The first-order valence-corrected chi connectivity index (χ1v) is 12.1. The summed E-state index contributed by atoms with van der Waals surface area (Å²) in [4.78, 5) is 15.7. The zero-order chi connectivity index (χ0) is 22.9. The van der Waals surface area contributed by atoms with E-state index in [1.807, 2.05) is 26.0 Å². The Morgan fingerprint density at radius 3 is 2.59 bits per heavy atom. The molecule has 3 aromatic rings. The third-order valence-corrected chi connectivity index (χ3v) is 7.94. The van der Waals surface area contributed by atoms with Gasteiger partial charge in [0.05, 0.1) is 30.9 Å². The van der Waals surface area contributed by atoms with Gasteiger partial charge < -0.3 is 14.5 Å². The molecule has 1 saturated heterocycles. The van der Waals surface area contributed by atoms with Crippen molar-refractivity contribution in [1.82, 2.24) is 9.29 Å². The molecule has 9 heteroatoms. The van der Waals surface area contributed by atoms with Gasteiger partial charge in [0.25, 0.3) is 5.56 Å². The lowest BCUT2D eigenvalue weighted by molar-refractivity contribution is -0.0923. The number of benzene rings is 2. The van der Waals surface area contributed by atoms with Crippen LogP contribution in [0.2, 0.25) is 5.02 Å². The van der Waals surface area contributed by atoms with Crippen molar-refractivity contribution < 1.29 is 17.9 Å². The SMILES string of the molecule is Cc1cc2cc(CN(CC3COCCO3)S(=O)(=O)c3ccccc3Cl)c(=O)[nH]c2cc1C. The van der Waals surface area contributed by atoms with E-state index in [9.17, 15) is 13.2 Å². The van der Waals surface area contributed by atoms with Crippen molar-refractivity contribution in [3.05, 3.63) is 74.5 Å². The minimum absolute atomic E-state index is 0.0120. The molecule has 0 saturated carbocycles. The Hall–Kier alpha value is -2.23. The van der Waals surface area contributed by atoms with Gasteiger partial charge in [-0.25, -0.2) is 8.42 Å². The molecule has 32 heavy (non-hydrogen) atoms. The Bertz CT molecular complexity index is 1300. The second kappa shape index (κ2) is 9.33. The number of aryl methyl sites for hydroxylation is 2. The summed E-state index contributed by atoms with van der Waals surface area (Å²) < 4.78 is 39.4. The number of nitrogens with zero attached hydrogens (tertiary/aromatic N) is 1. The minimum Gasteiger partial charge on any atom is -0.376 e. The van der Waals surface area contributed by atoms with E-state index in [2.05, 4.69) is 4.98 Å². The molecule has 0 spiro atoms. The lowest BCUT2D eigenvalue weighted by Gasteiger charge is -2.29. The normalized spacial score (nSPS) is 17.2. The van der Waals surface area contributed by atoms with Crippen molar-refractivity contribution in [2.24, 2.45) is 0 Å². The topological polar surface area (TPSA) is 88.7 Å². The number of nitrogens with one attached hydrogen (secondary N) is 1. The molecule has 0 bridgehead atoms. The number of aromatic nitrogens is 1. The van der Waals surface area contributed by atoms with Gasteiger partial charge in [0.1, 0.15) is 4.90 Å². The van der Waals surface area contributed by atoms with Gasteiger partial charge in [0, 0.05) is 24.2 Å². The number of sulfonamides is 1. The standard InChI is InChI=1S/C23H25ClN2O5S/c1-15-9-17-11-18(23(27)25-21(17)10-16(15)2)12-26(13-19-14-30-7-8-31-19)32(28,29)22-6-4-3-5-20(22)24/h3-6,9-11,19H,7-8,12-14H2,1-2H3,(H,25,27). The summed E-state index contributed by atoms with van der Waals surface area (Å²) in [6, 6.07) is 11.9. The van der Waals surface area contributed by atoms with Gasteiger partial charge in [-0.15, -0.1) is 0 Å². The Kier molecular flexibility index (Phi) is 6.69. The second-order valence-corrected chi connectivity index (χ2v) is 10.3. The summed E-state index contributed by atoms with van der Waals surface area (Å²) in [5.74, 6) is 0. The molecule has 1 fully saturated rings. The maximum atomic E-state index is 13.5. The van der Waals surface area contributed by atoms with E-state index >= 15 is 0 Å². The molecule has 4 rings (SSSR count). The van der Waals surface area contributed by atoms with Crippen LogP contribution in [0.5, 0.6) is 0 Å². The smallest absolute Gasteiger partial charge is 0.252 e. The third-order valence-electron chi connectivity index (χ3n) is 5.63. The van der Waals surface area contributed by atoms with Crippen LogP contribution >= 0.6 is 11.6 Å². The predicted molar refractivity (Wildman–Crippen MR) is 124 cm³/mol. The highest BCUT2D eigenvalue weighted by atomic mass is 35.5. The number of aromatic amines is 1. The highest BCUT2D eigenvalue weighted by Gasteiger charge is 2.31. The van der Waals surface area contributed by atoms with Crippen molar-refractivity contribution in [2.75, 3.05) is 26.4 Å². The second-order valence-electron chi connectivity index (χ2n) is 7.94. The maximum absolute atomic E-state index is 13.5. The van der Waals surface area contributed by atoms with Crippen LogP contribution in [0.15, 0.2) is 52.2 Å². The molecule has 0 radical (unpaired) electrons. The van der Waals surface area contributed by atoms with Crippen LogP contribution in [0, 0.1) is 13.8 Å². The first kappa shape index (κ1) is 22.9. The van der Waals surface area contributed by atoms with Crippen molar-refractivity contribution in [2.45, 2.75) is 31.4 Å². The summed E-state index contributed by atoms with van der Waals surface area (Å²) in [6.45, 7) is 5.03. The summed E-state index contributed by atoms with van der Waals surface area (Å²) in [5, 5.41) is 0.965. The molecule has 2 aromatic carbocycles. The van der Waals surface area contributed by atoms with E-state index in [4.69, 9.17) is 21.1 Å². The first-order chi connectivity index (χ1) is 15.3. The van der Waals surface area contributed by atoms with Crippen LogP contribution in [0.4, 0.5) is 0 Å². The zero-order valence-electron chi connectivity index (χ0n) is 17.9. The average Bonchev–Trinajstić information content (AvgIpc) is 2.76. The fourth-order valence-electron chi connectivity index (χ4n) is 3.74. The first-order valence-electron chi connectivity index (χ1n) is 10.3. The van der Waals surface area contributed by atoms with Crippen LogP contribution in [0.3, 0.4) is 0 Å². The number of hydrogen-bond donors (Lipinski definition) is 1. The maximum Gasteiger partial charge on any atom is 0.252 e. The summed E-state index contributed by atoms with van der Waals surface area (Å²) in [7, 11) is -4.00. The lowest BCUT2D eigenvalue weighted by atomic mass is 10.0. The number of fused-ring (bicyclic) bond motifs is 1. The van der Waals surface area contributed by atoms with E-state index < -0.39 is 16.1 Å². The van der Waals surface area contributed by atoms with Crippen molar-refractivity contribution in [3.8, 4) is 0 Å². The number of rotatable bonds is 6. The number of H-pyrrole nitrogens is 1. The number of halogens is 1. The van der Waals surface area contributed by atoms with E-state index in [1.54, 1.807) is 18.2 Å². The van der Waals surface area contributed by atoms with E-state index in [1.165, 1.54) is 16.4 Å². The Morgan fingerprint density at radius 2 is 1.88 bits per heavy atom. The number of pyridine rings is 1. The molecule has 1 unspecified atom stereocenters. The van der Waals surface area contributed by atoms with E-state index in [0.29, 0.717) is 24.3 Å². The van der Waals surface area contributed by atoms with Gasteiger partial charge in [-0.2, -0.15) is 4.31 Å². The zero-order valence-corrected chi connectivity index (χ0v) is 19.5. The molecular formula is C23H25ClN2O5S. The monoisotopic (exact) mass is 476 g/mol. The summed E-state index contributed by atoms with van der Waals surface area (Å²) in [5.41, 5.74) is 2.88. The van der Waals surface area contributed by atoms with Crippen LogP contribution in [-0.2, 0) is 26.0 Å². The molecule has 0 aliphatic carbocycles. The minimum atomic E-state index is -4.00. The molecular weight excluding hydrogens is 452 g/mol. The highest BCUT2D eigenvalue weighted by molar-refractivity contribution is 7.89. The van der Waals surface area contributed by atoms with Gasteiger partial charge in [-0.1, -0.05) is 23.7 Å². The van der Waals surface area contributed by atoms with Crippen molar-refractivity contribution >= 4 is 32.5 Å². The van der Waals surface area contributed by atoms with Gasteiger partial charge in [-0.3, -0.25) is 4.79 Å². The molecule has 1 aliphatic heterocycles. The van der Waals surface area contributed by atoms with Gasteiger partial charge in [-0.05, 0) is 60.7 Å². The molecule has 1 N–H and O–H groups in total. The molecule has 2 heterocycles. The van der Waals surface area contributed by atoms with E-state index in [0.717, 1.165) is 16.5 Å². The molecule has 1 aliphatic rings. The summed E-state index contributed by atoms with van der Waals surface area (Å²) in [6.07, 6.45) is -0.439. The van der Waals surface area contributed by atoms with Gasteiger partial charge in [0.2, 0.25) is 10.0 Å². The van der Waals surface area contributed by atoms with Crippen molar-refractivity contribution in [1.29, 1.82) is 0 Å². The molecule has 7 nitrogen and oxygen atoms in total. The average molecular weight is 477 g/mol. The molecule has 170 valence electrons. The Morgan fingerprint density at radius 1 is 1.12 bits per heavy atom. The fourth-order valence-corrected chi connectivity index (χ4v) is 5.68. The van der Waals surface area contributed by atoms with E-state index in [-0.39, 0.29) is 35.2 Å². The Balaban J connectivity index is 1.75. The van der Waals surface area contributed by atoms with Gasteiger partial charge in [0.15, 0.2) is 0 Å². The van der Waals surface area contributed by atoms with Crippen LogP contribution in [0.25, 0.3) is 10.9 Å². The largest absolute Gasteiger partial charge is 0.376 e. The van der Waals surface area contributed by atoms with Crippen LogP contribution in [0.1, 0.15) is 16.7 Å².